The molecular formula is C22H27N3O3. The van der Waals surface area contributed by atoms with E-state index >= 15 is 0 Å². The van der Waals surface area contributed by atoms with Crippen molar-refractivity contribution in [2.75, 3.05) is 26.2 Å². The number of carbonyl (C=O) groups excluding carboxylic acids is 1. The van der Waals surface area contributed by atoms with Gasteiger partial charge < -0.3 is 13.8 Å². The molecule has 28 heavy (non-hydrogen) atoms. The maximum absolute atomic E-state index is 13.1. The van der Waals surface area contributed by atoms with Crippen molar-refractivity contribution in [3.63, 3.8) is 0 Å². The average molecular weight is 381 g/mol. The minimum Gasteiger partial charge on any atom is -0.450 e. The van der Waals surface area contributed by atoms with E-state index in [1.165, 1.54) is 0 Å². The van der Waals surface area contributed by atoms with Gasteiger partial charge in [0.05, 0.1) is 5.69 Å². The Bertz CT molecular complexity index is 1020. The molecule has 2 aromatic heterocycles. The average Bonchev–Trinajstić information content (AvgIpc) is 3.20. The number of furan rings is 1. The molecular weight excluding hydrogens is 354 g/mol. The number of hydrogen-bond donors (Lipinski definition) is 0. The molecule has 3 aromatic rings. The van der Waals surface area contributed by atoms with Gasteiger partial charge in [0.15, 0.2) is 5.76 Å². The Hall–Kier alpha value is -2.60. The van der Waals surface area contributed by atoms with Crippen molar-refractivity contribution in [3.8, 4) is 0 Å². The summed E-state index contributed by atoms with van der Waals surface area (Å²) in [6, 6.07) is 4.13. The van der Waals surface area contributed by atoms with Crippen molar-refractivity contribution >= 4 is 16.9 Å². The molecule has 6 nitrogen and oxygen atoms in total. The molecule has 0 bridgehead atoms. The van der Waals surface area contributed by atoms with Crippen molar-refractivity contribution < 1.29 is 13.7 Å². The van der Waals surface area contributed by atoms with Gasteiger partial charge >= 0.3 is 0 Å². The number of fused-ring (bicyclic) bond motifs is 1. The highest BCUT2D eigenvalue weighted by Crippen LogP contribution is 2.31. The molecule has 148 valence electrons. The third-order valence-corrected chi connectivity index (χ3v) is 5.90. The number of amides is 1. The number of piperazine rings is 1. The first-order chi connectivity index (χ1) is 13.4. The summed E-state index contributed by atoms with van der Waals surface area (Å²) in [7, 11) is 0. The standard InChI is InChI=1S/C22H27N3O3/c1-13-6-7-14(2)20-19(13)15(3)21(27-20)22(26)25-10-8-24(9-11-25)12-18-16(4)23-28-17(18)5/h6-7H,8-12H2,1-5H3. The number of benzene rings is 1. The van der Waals surface area contributed by atoms with E-state index in [1.54, 1.807) is 0 Å². The molecule has 6 heteroatoms. The Balaban J connectivity index is 1.49. The first kappa shape index (κ1) is 18.7. The molecule has 0 unspecified atom stereocenters. The predicted octanol–water partition coefficient (Wildman–Crippen LogP) is 3.92. The number of carbonyl (C=O) groups is 1. The number of hydrogen-bond acceptors (Lipinski definition) is 5. The molecule has 3 heterocycles. The Labute approximate surface area is 165 Å². The maximum atomic E-state index is 13.1. The topological polar surface area (TPSA) is 62.7 Å². The van der Waals surface area contributed by atoms with E-state index in [4.69, 9.17) is 8.94 Å². The lowest BCUT2D eigenvalue weighted by Gasteiger charge is -2.34. The van der Waals surface area contributed by atoms with E-state index in [1.807, 2.05) is 38.7 Å². The summed E-state index contributed by atoms with van der Waals surface area (Å²) in [5, 5.41) is 5.10. The van der Waals surface area contributed by atoms with E-state index in [0.29, 0.717) is 18.8 Å². The van der Waals surface area contributed by atoms with Crippen LogP contribution < -0.4 is 0 Å². The van der Waals surface area contributed by atoms with Crippen molar-refractivity contribution in [2.45, 2.75) is 41.2 Å². The zero-order valence-corrected chi connectivity index (χ0v) is 17.3. The fourth-order valence-corrected chi connectivity index (χ4v) is 4.08. The van der Waals surface area contributed by atoms with Gasteiger partial charge in [-0.1, -0.05) is 17.3 Å². The summed E-state index contributed by atoms with van der Waals surface area (Å²) < 4.78 is 11.3. The first-order valence-electron chi connectivity index (χ1n) is 9.79. The van der Waals surface area contributed by atoms with Crippen molar-refractivity contribution in [2.24, 2.45) is 0 Å². The Kier molecular flexibility index (Phi) is 4.75. The molecule has 1 fully saturated rings. The quantitative estimate of drug-likeness (QED) is 0.688. The van der Waals surface area contributed by atoms with Gasteiger partial charge in [-0.05, 0) is 45.7 Å². The molecule has 0 radical (unpaired) electrons. The highest BCUT2D eigenvalue weighted by Gasteiger charge is 2.28. The third kappa shape index (κ3) is 3.11. The fraction of sp³-hybridized carbons (Fsp3) is 0.455. The SMILES string of the molecule is Cc1noc(C)c1CN1CCN(C(=O)c2oc3c(C)ccc(C)c3c2C)CC1. The maximum Gasteiger partial charge on any atom is 0.289 e. The van der Waals surface area contributed by atoms with Crippen LogP contribution in [0.25, 0.3) is 11.0 Å². The lowest BCUT2D eigenvalue weighted by atomic mass is 10.0. The number of aromatic nitrogens is 1. The zero-order valence-electron chi connectivity index (χ0n) is 17.3. The van der Waals surface area contributed by atoms with Crippen LogP contribution in [0.1, 0.15) is 44.3 Å². The Morgan fingerprint density at radius 1 is 1.04 bits per heavy atom. The van der Waals surface area contributed by atoms with Crippen LogP contribution in [0.2, 0.25) is 0 Å². The smallest absolute Gasteiger partial charge is 0.289 e. The number of nitrogens with zero attached hydrogens (tertiary/aromatic N) is 3. The summed E-state index contributed by atoms with van der Waals surface area (Å²) in [5.74, 6) is 1.34. The normalized spacial score (nSPS) is 15.5. The molecule has 1 aromatic carbocycles. The van der Waals surface area contributed by atoms with Gasteiger partial charge in [-0.3, -0.25) is 9.69 Å². The van der Waals surface area contributed by atoms with Gasteiger partial charge in [-0.25, -0.2) is 0 Å². The molecule has 1 aliphatic heterocycles. The van der Waals surface area contributed by atoms with Crippen LogP contribution >= 0.6 is 0 Å². The Morgan fingerprint density at radius 3 is 2.32 bits per heavy atom. The van der Waals surface area contributed by atoms with Crippen LogP contribution in [0.5, 0.6) is 0 Å². The molecule has 0 spiro atoms. The van der Waals surface area contributed by atoms with E-state index < -0.39 is 0 Å². The summed E-state index contributed by atoms with van der Waals surface area (Å²) >= 11 is 0. The second-order valence-electron chi connectivity index (χ2n) is 7.83. The van der Waals surface area contributed by atoms with Crippen molar-refractivity contribution in [1.82, 2.24) is 15.0 Å². The molecule has 0 N–H and O–H groups in total. The van der Waals surface area contributed by atoms with Crippen LogP contribution in [0, 0.1) is 34.6 Å². The highest BCUT2D eigenvalue weighted by atomic mass is 16.5. The van der Waals surface area contributed by atoms with Crippen molar-refractivity contribution in [1.29, 1.82) is 0 Å². The minimum absolute atomic E-state index is 0.00973. The minimum atomic E-state index is -0.00973. The molecule has 0 saturated carbocycles. The summed E-state index contributed by atoms with van der Waals surface area (Å²) in [4.78, 5) is 17.4. The lowest BCUT2D eigenvalue weighted by Crippen LogP contribution is -2.48. The highest BCUT2D eigenvalue weighted by molar-refractivity contribution is 6.00. The number of aryl methyl sites for hydroxylation is 5. The molecule has 1 aliphatic rings. The van der Waals surface area contributed by atoms with E-state index in [0.717, 1.165) is 64.3 Å². The predicted molar refractivity (Wildman–Crippen MR) is 108 cm³/mol. The van der Waals surface area contributed by atoms with Crippen LogP contribution in [0.15, 0.2) is 21.1 Å². The monoisotopic (exact) mass is 381 g/mol. The van der Waals surface area contributed by atoms with E-state index in [9.17, 15) is 4.79 Å². The van der Waals surface area contributed by atoms with Crippen LogP contribution in [-0.2, 0) is 6.54 Å². The lowest BCUT2D eigenvalue weighted by molar-refractivity contribution is 0.0598. The second-order valence-corrected chi connectivity index (χ2v) is 7.83. The summed E-state index contributed by atoms with van der Waals surface area (Å²) in [6.07, 6.45) is 0. The van der Waals surface area contributed by atoms with E-state index in [-0.39, 0.29) is 5.91 Å². The first-order valence-corrected chi connectivity index (χ1v) is 9.79. The zero-order chi connectivity index (χ0) is 20.0. The third-order valence-electron chi connectivity index (χ3n) is 5.90. The van der Waals surface area contributed by atoms with Gasteiger partial charge in [-0.2, -0.15) is 0 Å². The van der Waals surface area contributed by atoms with Crippen LogP contribution in [0.4, 0.5) is 0 Å². The van der Waals surface area contributed by atoms with Crippen LogP contribution in [-0.4, -0.2) is 47.0 Å². The summed E-state index contributed by atoms with van der Waals surface area (Å²) in [5.41, 5.74) is 6.08. The van der Waals surface area contributed by atoms with Gasteiger partial charge in [-0.15, -0.1) is 0 Å². The molecule has 4 rings (SSSR count). The van der Waals surface area contributed by atoms with Crippen LogP contribution in [0.3, 0.4) is 0 Å². The number of rotatable bonds is 3. The second kappa shape index (κ2) is 7.09. The van der Waals surface area contributed by atoms with Gasteiger partial charge in [0, 0.05) is 49.2 Å². The fourth-order valence-electron chi connectivity index (χ4n) is 4.08. The molecule has 0 aliphatic carbocycles. The van der Waals surface area contributed by atoms with E-state index in [2.05, 4.69) is 23.0 Å². The molecule has 1 saturated heterocycles. The van der Waals surface area contributed by atoms with Gasteiger partial charge in [0.2, 0.25) is 0 Å². The largest absolute Gasteiger partial charge is 0.450 e. The Morgan fingerprint density at radius 2 is 1.71 bits per heavy atom. The van der Waals surface area contributed by atoms with Gasteiger partial charge in [0.1, 0.15) is 11.3 Å². The van der Waals surface area contributed by atoms with Crippen molar-refractivity contribution in [3.05, 3.63) is 51.6 Å². The summed E-state index contributed by atoms with van der Waals surface area (Å²) in [6.45, 7) is 13.8. The van der Waals surface area contributed by atoms with Gasteiger partial charge in [0.25, 0.3) is 5.91 Å². The molecule has 1 amide bonds. The molecule has 0 atom stereocenters.